The van der Waals surface area contributed by atoms with Crippen LogP contribution in [-0.4, -0.2) is 15.6 Å². The number of benzene rings is 1. The van der Waals surface area contributed by atoms with Crippen molar-refractivity contribution < 1.29 is 4.74 Å². The zero-order valence-electron chi connectivity index (χ0n) is 9.14. The monoisotopic (exact) mass is 294 g/mol. The van der Waals surface area contributed by atoms with Gasteiger partial charge >= 0.3 is 0 Å². The van der Waals surface area contributed by atoms with Crippen molar-refractivity contribution in [2.75, 3.05) is 0 Å². The van der Waals surface area contributed by atoms with Gasteiger partial charge in [-0.1, -0.05) is 0 Å². The summed E-state index contributed by atoms with van der Waals surface area (Å²) in [6.45, 7) is 0. The van der Waals surface area contributed by atoms with Gasteiger partial charge in [0.05, 0.1) is 12.4 Å². The Morgan fingerprint density at radius 3 is 2.76 bits per heavy atom. The van der Waals surface area contributed by atoms with Crippen LogP contribution in [0.5, 0.6) is 11.5 Å². The van der Waals surface area contributed by atoms with E-state index in [2.05, 4.69) is 21.0 Å². The summed E-state index contributed by atoms with van der Waals surface area (Å²) in [7, 11) is 1.82. The Bertz CT molecular complexity index is 564. The Balaban J connectivity index is 2.23. The number of hydrogen-bond donors (Lipinski definition) is 2. The number of aromatic nitrogens is 2. The van der Waals surface area contributed by atoms with E-state index in [1.165, 1.54) is 0 Å². The van der Waals surface area contributed by atoms with Crippen molar-refractivity contribution >= 4 is 21.8 Å². The first-order chi connectivity index (χ1) is 8.06. The lowest BCUT2D eigenvalue weighted by molar-refractivity contribution is 0.481. The highest BCUT2D eigenvalue weighted by molar-refractivity contribution is 9.10. The summed E-state index contributed by atoms with van der Waals surface area (Å²) in [5.74, 6) is 1.34. The van der Waals surface area contributed by atoms with Crippen LogP contribution in [0.25, 0.3) is 0 Å². The fraction of sp³-hybridized carbons (Fsp3) is 0.0909. The number of nitrogens with two attached hydrogens (primary N) is 1. The molecule has 2 rings (SSSR count). The highest BCUT2D eigenvalue weighted by Gasteiger charge is 2.06. The zero-order valence-corrected chi connectivity index (χ0v) is 10.7. The number of nitrogens with zero attached hydrogens (tertiary/aromatic N) is 2. The summed E-state index contributed by atoms with van der Waals surface area (Å²) in [5, 5.41) is 11.4. The lowest BCUT2D eigenvalue weighted by Crippen LogP contribution is -2.11. The van der Waals surface area contributed by atoms with Crippen LogP contribution in [0.3, 0.4) is 0 Å². The van der Waals surface area contributed by atoms with E-state index in [0.29, 0.717) is 17.1 Å². The van der Waals surface area contributed by atoms with Crippen molar-refractivity contribution in [2.24, 2.45) is 12.8 Å². The number of amidine groups is 1. The van der Waals surface area contributed by atoms with Crippen molar-refractivity contribution in [1.82, 2.24) is 9.78 Å². The first-order valence-electron chi connectivity index (χ1n) is 4.86. The summed E-state index contributed by atoms with van der Waals surface area (Å²) in [4.78, 5) is 0. The molecule has 6 heteroatoms. The Morgan fingerprint density at radius 2 is 2.24 bits per heavy atom. The largest absolute Gasteiger partial charge is 0.454 e. The Labute approximate surface area is 107 Å². The molecule has 1 aromatic heterocycles. The van der Waals surface area contributed by atoms with Crippen LogP contribution in [0, 0.1) is 5.41 Å². The Kier molecular flexibility index (Phi) is 3.14. The lowest BCUT2D eigenvalue weighted by Gasteiger charge is -2.06. The number of nitrogen functional groups attached to an aromatic ring is 1. The van der Waals surface area contributed by atoms with Crippen LogP contribution in [-0.2, 0) is 7.05 Å². The average Bonchev–Trinajstić information content (AvgIpc) is 2.63. The molecule has 0 aliphatic rings. The van der Waals surface area contributed by atoms with E-state index in [-0.39, 0.29) is 5.84 Å². The summed E-state index contributed by atoms with van der Waals surface area (Å²) in [6.07, 6.45) is 3.40. The number of halogens is 1. The molecule has 5 nitrogen and oxygen atoms in total. The maximum absolute atomic E-state index is 7.36. The van der Waals surface area contributed by atoms with Gasteiger partial charge in [-0.15, -0.1) is 0 Å². The molecule has 0 fully saturated rings. The fourth-order valence-electron chi connectivity index (χ4n) is 1.37. The van der Waals surface area contributed by atoms with Gasteiger partial charge < -0.3 is 10.5 Å². The molecule has 0 bridgehead atoms. The molecule has 88 valence electrons. The summed E-state index contributed by atoms with van der Waals surface area (Å²) in [6, 6.07) is 5.26. The molecular formula is C11H11BrN4O. The van der Waals surface area contributed by atoms with Gasteiger partial charge in [-0.3, -0.25) is 10.1 Å². The zero-order chi connectivity index (χ0) is 12.4. The Hall–Kier alpha value is -1.82. The highest BCUT2D eigenvalue weighted by Crippen LogP contribution is 2.26. The van der Waals surface area contributed by atoms with Gasteiger partial charge in [-0.05, 0) is 34.1 Å². The van der Waals surface area contributed by atoms with E-state index in [1.54, 1.807) is 35.3 Å². The third-order valence-corrected chi connectivity index (χ3v) is 2.80. The van der Waals surface area contributed by atoms with E-state index >= 15 is 0 Å². The van der Waals surface area contributed by atoms with Crippen molar-refractivity contribution in [2.45, 2.75) is 0 Å². The topological polar surface area (TPSA) is 76.9 Å². The molecule has 3 N–H and O–H groups in total. The fourth-order valence-corrected chi connectivity index (χ4v) is 1.94. The molecule has 0 unspecified atom stereocenters. The third kappa shape index (κ3) is 2.65. The van der Waals surface area contributed by atoms with Gasteiger partial charge in [-0.25, -0.2) is 0 Å². The lowest BCUT2D eigenvalue weighted by atomic mass is 10.2. The number of hydrogen-bond acceptors (Lipinski definition) is 3. The second-order valence-electron chi connectivity index (χ2n) is 3.51. The Morgan fingerprint density at radius 1 is 1.47 bits per heavy atom. The molecule has 1 heterocycles. The predicted octanol–water partition coefficient (Wildman–Crippen LogP) is 2.26. The molecule has 0 amide bonds. The van der Waals surface area contributed by atoms with Crippen LogP contribution in [0.2, 0.25) is 0 Å². The summed E-state index contributed by atoms with van der Waals surface area (Å²) >= 11 is 3.34. The number of ether oxygens (including phenoxy) is 1. The molecule has 0 radical (unpaired) electrons. The van der Waals surface area contributed by atoms with Gasteiger partial charge in [0.2, 0.25) is 0 Å². The van der Waals surface area contributed by atoms with Crippen molar-refractivity contribution in [3.63, 3.8) is 0 Å². The molecule has 0 atom stereocenters. The van der Waals surface area contributed by atoms with Gasteiger partial charge in [-0.2, -0.15) is 5.10 Å². The average molecular weight is 295 g/mol. The first kappa shape index (κ1) is 11.7. The van der Waals surface area contributed by atoms with E-state index in [0.717, 1.165) is 4.47 Å². The minimum absolute atomic E-state index is 0.0183. The molecule has 0 aliphatic heterocycles. The van der Waals surface area contributed by atoms with Crippen molar-refractivity contribution in [3.05, 3.63) is 40.6 Å². The molecule has 0 spiro atoms. The quantitative estimate of drug-likeness (QED) is 0.673. The van der Waals surface area contributed by atoms with Crippen LogP contribution >= 0.6 is 15.9 Å². The van der Waals surface area contributed by atoms with E-state index in [4.69, 9.17) is 15.9 Å². The number of nitrogens with one attached hydrogen (secondary N) is 1. The van der Waals surface area contributed by atoms with Crippen LogP contribution in [0.4, 0.5) is 0 Å². The normalized spacial score (nSPS) is 10.2. The molecule has 2 aromatic rings. The van der Waals surface area contributed by atoms with Crippen molar-refractivity contribution in [3.8, 4) is 11.5 Å². The van der Waals surface area contributed by atoms with Crippen LogP contribution in [0.1, 0.15) is 5.56 Å². The van der Waals surface area contributed by atoms with Gasteiger partial charge in [0.25, 0.3) is 0 Å². The molecular weight excluding hydrogens is 284 g/mol. The molecule has 0 saturated carbocycles. The van der Waals surface area contributed by atoms with Gasteiger partial charge in [0, 0.05) is 17.1 Å². The minimum Gasteiger partial charge on any atom is -0.454 e. The summed E-state index contributed by atoms with van der Waals surface area (Å²) < 4.78 is 7.98. The maximum atomic E-state index is 7.36. The minimum atomic E-state index is 0.0183. The van der Waals surface area contributed by atoms with Crippen molar-refractivity contribution in [1.29, 1.82) is 5.41 Å². The molecule has 17 heavy (non-hydrogen) atoms. The van der Waals surface area contributed by atoms with Gasteiger partial charge in [0.15, 0.2) is 5.75 Å². The molecule has 0 aliphatic carbocycles. The van der Waals surface area contributed by atoms with E-state index < -0.39 is 0 Å². The number of aryl methyl sites for hydroxylation is 1. The second kappa shape index (κ2) is 4.58. The first-order valence-corrected chi connectivity index (χ1v) is 5.66. The number of rotatable bonds is 3. The standard InChI is InChI=1S/C11H11BrN4O/c1-16-6-8(5-15-16)17-7-2-3-9(11(13)14)10(12)4-7/h2-6H,1H3,(H3,13,14). The molecule has 1 aromatic carbocycles. The summed E-state index contributed by atoms with van der Waals surface area (Å²) in [5.41, 5.74) is 6.06. The third-order valence-electron chi connectivity index (χ3n) is 2.15. The maximum Gasteiger partial charge on any atom is 0.165 e. The van der Waals surface area contributed by atoms with E-state index in [9.17, 15) is 0 Å². The second-order valence-corrected chi connectivity index (χ2v) is 4.36. The SMILES string of the molecule is Cn1cc(Oc2ccc(C(=N)N)c(Br)c2)cn1. The van der Waals surface area contributed by atoms with Gasteiger partial charge in [0.1, 0.15) is 11.6 Å². The van der Waals surface area contributed by atoms with Crippen LogP contribution < -0.4 is 10.5 Å². The smallest absolute Gasteiger partial charge is 0.165 e. The molecule has 0 saturated heterocycles. The predicted molar refractivity (Wildman–Crippen MR) is 68.4 cm³/mol. The van der Waals surface area contributed by atoms with E-state index in [1.807, 2.05) is 7.05 Å². The highest BCUT2D eigenvalue weighted by atomic mass is 79.9. The van der Waals surface area contributed by atoms with Crippen LogP contribution in [0.15, 0.2) is 35.1 Å².